The number of benzene rings is 1. The molecule has 0 saturated carbocycles. The van der Waals surface area contributed by atoms with Crippen LogP contribution in [0.2, 0.25) is 0 Å². The predicted octanol–water partition coefficient (Wildman–Crippen LogP) is 6.42. The lowest BCUT2D eigenvalue weighted by molar-refractivity contribution is -0.430. The van der Waals surface area contributed by atoms with E-state index in [1.54, 1.807) is 24.3 Å². The van der Waals surface area contributed by atoms with Crippen molar-refractivity contribution in [2.24, 2.45) is 10.9 Å². The van der Waals surface area contributed by atoms with E-state index in [1.807, 2.05) is 27.7 Å². The molecule has 2 aliphatic rings. The van der Waals surface area contributed by atoms with Crippen LogP contribution in [0.25, 0.3) is 6.08 Å². The highest BCUT2D eigenvalue weighted by molar-refractivity contribution is 6.26. The molecule has 3 unspecified atom stereocenters. The van der Waals surface area contributed by atoms with Crippen molar-refractivity contribution in [3.8, 4) is 0 Å². The molecule has 0 bridgehead atoms. The van der Waals surface area contributed by atoms with Gasteiger partial charge in [-0.25, -0.2) is 0 Å². The van der Waals surface area contributed by atoms with Gasteiger partial charge >= 0.3 is 0 Å². The van der Waals surface area contributed by atoms with Crippen molar-refractivity contribution in [2.45, 2.75) is 52.9 Å². The third-order valence-electron chi connectivity index (χ3n) is 7.12. The Morgan fingerprint density at radius 1 is 1.12 bits per heavy atom. The summed E-state index contributed by atoms with van der Waals surface area (Å²) >= 11 is 0. The van der Waals surface area contributed by atoms with Gasteiger partial charge in [0.05, 0.1) is 4.92 Å². The average Bonchev–Trinajstić information content (AvgIpc) is 3.26. The van der Waals surface area contributed by atoms with Crippen LogP contribution in [0.4, 0.5) is 0 Å². The van der Waals surface area contributed by atoms with Crippen molar-refractivity contribution in [3.05, 3.63) is 97.7 Å². The van der Waals surface area contributed by atoms with Gasteiger partial charge in [0.25, 0.3) is 5.70 Å². The quantitative estimate of drug-likeness (QED) is 0.294. The van der Waals surface area contributed by atoms with E-state index in [4.69, 9.17) is 4.42 Å². The first-order valence-electron chi connectivity index (χ1n) is 11.6. The Labute approximate surface area is 199 Å². The maximum absolute atomic E-state index is 13.5. The molecule has 1 aliphatic carbocycles. The maximum Gasteiger partial charge on any atom is 0.257 e. The summed E-state index contributed by atoms with van der Waals surface area (Å²) in [6.07, 6.45) is 3.89. The summed E-state index contributed by atoms with van der Waals surface area (Å²) < 4.78 is 6.03. The minimum Gasteiger partial charge on any atom is -0.461 e. The van der Waals surface area contributed by atoms with E-state index < -0.39 is 5.92 Å². The lowest BCUT2D eigenvalue weighted by Gasteiger charge is -2.26. The van der Waals surface area contributed by atoms with E-state index in [1.165, 1.54) is 5.56 Å². The molecule has 0 radical (unpaired) electrons. The molecule has 0 spiro atoms. The van der Waals surface area contributed by atoms with Crippen LogP contribution in [0, 0.1) is 23.0 Å². The highest BCUT2D eigenvalue weighted by Crippen LogP contribution is 2.38. The molecule has 0 saturated heterocycles. The second-order valence-corrected chi connectivity index (χ2v) is 9.44. The molecule has 3 atom stereocenters. The van der Waals surface area contributed by atoms with E-state index in [9.17, 15) is 14.9 Å². The molecule has 1 aromatic carbocycles. The largest absolute Gasteiger partial charge is 0.461 e. The van der Waals surface area contributed by atoms with Gasteiger partial charge in [-0.3, -0.25) is 19.9 Å². The molecule has 6 heteroatoms. The van der Waals surface area contributed by atoms with Crippen LogP contribution in [0.1, 0.15) is 68.6 Å². The van der Waals surface area contributed by atoms with Gasteiger partial charge in [0, 0.05) is 29.8 Å². The first-order valence-corrected chi connectivity index (χ1v) is 11.6. The summed E-state index contributed by atoms with van der Waals surface area (Å²) in [5.41, 5.74) is 5.69. The van der Waals surface area contributed by atoms with Crippen LogP contribution < -0.4 is 0 Å². The maximum atomic E-state index is 13.5. The summed E-state index contributed by atoms with van der Waals surface area (Å²) in [6, 6.07) is 11.8. The number of aliphatic imine (C=N–C) groups is 1. The van der Waals surface area contributed by atoms with Gasteiger partial charge < -0.3 is 4.42 Å². The van der Waals surface area contributed by atoms with Crippen LogP contribution in [0.5, 0.6) is 0 Å². The SMILES string of the molecule is CC1=NCC(C(C)c2ccc(C)cc2)C(=O)/C1=C/c1ccc(C2CC(C)=C(C)C=C2[N+](=O)[O-])o1. The van der Waals surface area contributed by atoms with E-state index in [-0.39, 0.29) is 28.2 Å². The smallest absolute Gasteiger partial charge is 0.257 e. The second-order valence-electron chi connectivity index (χ2n) is 9.44. The van der Waals surface area contributed by atoms with Crippen LogP contribution in [-0.2, 0) is 4.79 Å². The normalized spacial score (nSPS) is 23.1. The number of aryl methyl sites for hydroxylation is 1. The van der Waals surface area contributed by atoms with Crippen molar-refractivity contribution >= 4 is 17.6 Å². The van der Waals surface area contributed by atoms with E-state index in [0.717, 1.165) is 16.7 Å². The molecule has 6 nitrogen and oxygen atoms in total. The molecule has 0 amide bonds. The molecule has 2 aromatic rings. The monoisotopic (exact) mass is 458 g/mol. The minimum atomic E-state index is -0.447. The number of carbonyl (C=O) groups excluding carboxylic acids is 1. The van der Waals surface area contributed by atoms with Crippen LogP contribution in [0.15, 0.2) is 74.3 Å². The number of hydrogen-bond donors (Lipinski definition) is 0. The fourth-order valence-corrected chi connectivity index (χ4v) is 4.66. The van der Waals surface area contributed by atoms with Crippen LogP contribution >= 0.6 is 0 Å². The molecule has 0 fully saturated rings. The number of allylic oxidation sites excluding steroid dienone is 5. The fourth-order valence-electron chi connectivity index (χ4n) is 4.66. The highest BCUT2D eigenvalue weighted by Gasteiger charge is 2.34. The van der Waals surface area contributed by atoms with Crippen LogP contribution in [-0.4, -0.2) is 23.0 Å². The number of hydrogen-bond acceptors (Lipinski definition) is 5. The fraction of sp³-hybridized carbons (Fsp3) is 0.357. The molecule has 2 heterocycles. The molecule has 1 aliphatic heterocycles. The Hall–Kier alpha value is -3.54. The van der Waals surface area contributed by atoms with E-state index in [2.05, 4.69) is 36.2 Å². The Morgan fingerprint density at radius 2 is 1.82 bits per heavy atom. The second kappa shape index (κ2) is 9.37. The van der Waals surface area contributed by atoms with Crippen LogP contribution in [0.3, 0.4) is 0 Å². The predicted molar refractivity (Wildman–Crippen MR) is 134 cm³/mol. The van der Waals surface area contributed by atoms with Gasteiger partial charge in [-0.1, -0.05) is 42.3 Å². The molecule has 1 aromatic heterocycles. The molecule has 34 heavy (non-hydrogen) atoms. The van der Waals surface area contributed by atoms with Gasteiger partial charge in [-0.2, -0.15) is 0 Å². The average molecular weight is 459 g/mol. The van der Waals surface area contributed by atoms with Crippen molar-refractivity contribution in [2.75, 3.05) is 6.54 Å². The third-order valence-corrected chi connectivity index (χ3v) is 7.12. The first-order chi connectivity index (χ1) is 16.2. The third kappa shape index (κ3) is 4.58. The number of furan rings is 1. The lowest BCUT2D eigenvalue weighted by atomic mass is 9.79. The number of ketones is 1. The van der Waals surface area contributed by atoms with Crippen molar-refractivity contribution in [1.82, 2.24) is 0 Å². The molecular formula is C28H30N2O4. The lowest BCUT2D eigenvalue weighted by Crippen LogP contribution is -2.31. The summed E-state index contributed by atoms with van der Waals surface area (Å²) in [6.45, 7) is 10.3. The summed E-state index contributed by atoms with van der Waals surface area (Å²) in [7, 11) is 0. The molecule has 0 N–H and O–H groups in total. The zero-order chi connectivity index (χ0) is 24.6. The highest BCUT2D eigenvalue weighted by atomic mass is 16.6. The Balaban J connectivity index is 1.61. The minimum absolute atomic E-state index is 0.0357. The number of rotatable bonds is 5. The summed E-state index contributed by atoms with van der Waals surface area (Å²) in [5, 5.41) is 11.6. The van der Waals surface area contributed by atoms with E-state index >= 15 is 0 Å². The van der Waals surface area contributed by atoms with Crippen molar-refractivity contribution in [3.63, 3.8) is 0 Å². The number of Topliss-reactive ketones (excluding diaryl/α,β-unsaturated/α-hetero) is 1. The number of carbonyl (C=O) groups is 1. The first kappa shape index (κ1) is 23.6. The zero-order valence-electron chi connectivity index (χ0n) is 20.3. The van der Waals surface area contributed by atoms with Gasteiger partial charge in [0.15, 0.2) is 5.78 Å². The Kier molecular flexibility index (Phi) is 6.51. The summed E-state index contributed by atoms with van der Waals surface area (Å²) in [4.78, 5) is 29.4. The van der Waals surface area contributed by atoms with E-state index in [0.29, 0.717) is 35.8 Å². The zero-order valence-corrected chi connectivity index (χ0v) is 20.3. The van der Waals surface area contributed by atoms with Gasteiger partial charge in [-0.15, -0.1) is 0 Å². The van der Waals surface area contributed by atoms with Crippen molar-refractivity contribution in [1.29, 1.82) is 0 Å². The summed E-state index contributed by atoms with van der Waals surface area (Å²) in [5.74, 6) is 0.430. The molecular weight excluding hydrogens is 428 g/mol. The number of nitrogens with zero attached hydrogens (tertiary/aromatic N) is 2. The Morgan fingerprint density at radius 3 is 2.50 bits per heavy atom. The molecule has 4 rings (SSSR count). The van der Waals surface area contributed by atoms with Gasteiger partial charge in [0.2, 0.25) is 0 Å². The number of nitro groups is 1. The van der Waals surface area contributed by atoms with Crippen molar-refractivity contribution < 1.29 is 14.1 Å². The Bertz CT molecular complexity index is 1260. The standard InChI is InChI=1S/C28H30N2O4/c1-16-6-8-21(9-7-16)19(4)25-15-29-20(5)23(28(25)31)14-22-10-11-27(34-22)24-12-17(2)18(3)13-26(24)30(32)33/h6-11,13-14,19,24-25H,12,15H2,1-5H3/b23-14+. The topological polar surface area (TPSA) is 85.7 Å². The van der Waals surface area contributed by atoms with Gasteiger partial charge in [0.1, 0.15) is 17.4 Å². The molecule has 176 valence electrons. The van der Waals surface area contributed by atoms with Gasteiger partial charge in [-0.05, 0) is 69.4 Å².